The van der Waals surface area contributed by atoms with E-state index >= 15 is 0 Å². The lowest BCUT2D eigenvalue weighted by molar-refractivity contribution is -0.134. The van der Waals surface area contributed by atoms with Gasteiger partial charge in [0.1, 0.15) is 0 Å². The average Bonchev–Trinajstić information content (AvgIpc) is 3.21. The minimum Gasteiger partial charge on any atom is -0.339 e. The molecule has 170 valence electrons. The van der Waals surface area contributed by atoms with Crippen molar-refractivity contribution in [3.8, 4) is 0 Å². The molecule has 10 nitrogen and oxygen atoms in total. The van der Waals surface area contributed by atoms with E-state index < -0.39 is 0 Å². The number of nitrogens with zero attached hydrogens (tertiary/aromatic N) is 5. The third kappa shape index (κ3) is 6.36. The molecule has 2 N–H and O–H groups in total. The third-order valence-electron chi connectivity index (χ3n) is 5.20. The topological polar surface area (TPSA) is 122 Å². The second-order valence-electron chi connectivity index (χ2n) is 7.53. The summed E-state index contributed by atoms with van der Waals surface area (Å²) >= 11 is 6.14. The first-order valence-corrected chi connectivity index (χ1v) is 10.8. The monoisotopic (exact) mass is 459 g/mol. The molecule has 0 spiro atoms. The zero-order valence-electron chi connectivity index (χ0n) is 18.0. The predicted octanol–water partition coefficient (Wildman–Crippen LogP) is 1.49. The Morgan fingerprint density at radius 1 is 1.22 bits per heavy atom. The summed E-state index contributed by atoms with van der Waals surface area (Å²) in [5.41, 5.74) is 6.51. The minimum atomic E-state index is -0.243. The van der Waals surface area contributed by atoms with Crippen molar-refractivity contribution in [2.75, 3.05) is 13.1 Å². The van der Waals surface area contributed by atoms with Crippen molar-refractivity contribution in [3.05, 3.63) is 46.2 Å². The van der Waals surface area contributed by atoms with E-state index in [1.807, 2.05) is 12.1 Å². The number of aromatic nitrogens is 4. The molecule has 0 radical (unpaired) electrons. The Balaban J connectivity index is 1.57. The van der Waals surface area contributed by atoms with Crippen molar-refractivity contribution in [1.82, 2.24) is 36.0 Å². The van der Waals surface area contributed by atoms with Gasteiger partial charge < -0.3 is 4.90 Å². The minimum absolute atomic E-state index is 0.126. The summed E-state index contributed by atoms with van der Waals surface area (Å²) < 4.78 is 0. The first-order valence-electron chi connectivity index (χ1n) is 10.4. The van der Waals surface area contributed by atoms with E-state index in [1.54, 1.807) is 30.9 Å². The smallest absolute Gasteiger partial charge is 0.246 e. The van der Waals surface area contributed by atoms with Crippen LogP contribution in [0.2, 0.25) is 5.02 Å². The first-order chi connectivity index (χ1) is 15.4. The highest BCUT2D eigenvalue weighted by atomic mass is 35.5. The Labute approximate surface area is 191 Å². The molecule has 2 aromatic rings. The highest BCUT2D eigenvalue weighted by molar-refractivity contribution is 6.30. The predicted molar refractivity (Wildman–Crippen MR) is 118 cm³/mol. The number of carbonyl (C=O) groups is 3. The van der Waals surface area contributed by atoms with E-state index in [0.29, 0.717) is 49.7 Å². The van der Waals surface area contributed by atoms with E-state index in [-0.39, 0.29) is 23.6 Å². The van der Waals surface area contributed by atoms with Gasteiger partial charge in [-0.05, 0) is 54.3 Å². The maximum Gasteiger partial charge on any atom is 0.246 e. The van der Waals surface area contributed by atoms with Gasteiger partial charge in [0.25, 0.3) is 0 Å². The van der Waals surface area contributed by atoms with E-state index in [1.165, 1.54) is 10.9 Å². The number of likely N-dealkylation sites (tertiary alicyclic amines) is 1. The number of benzene rings is 1. The molecule has 0 aliphatic carbocycles. The lowest BCUT2D eigenvalue weighted by atomic mass is 9.96. The number of hydrogen-bond donors (Lipinski definition) is 2. The number of amides is 3. The van der Waals surface area contributed by atoms with Gasteiger partial charge in [0, 0.05) is 36.5 Å². The van der Waals surface area contributed by atoms with Gasteiger partial charge in [-0.15, -0.1) is 10.2 Å². The highest BCUT2D eigenvalue weighted by Gasteiger charge is 2.26. The second kappa shape index (κ2) is 10.9. The molecule has 32 heavy (non-hydrogen) atoms. The van der Waals surface area contributed by atoms with Crippen LogP contribution in [0.5, 0.6) is 0 Å². The summed E-state index contributed by atoms with van der Waals surface area (Å²) in [6.45, 7) is 4.79. The molecule has 0 bridgehead atoms. The van der Waals surface area contributed by atoms with Crippen molar-refractivity contribution in [2.45, 2.75) is 39.7 Å². The summed E-state index contributed by atoms with van der Waals surface area (Å²) in [7, 11) is 0. The van der Waals surface area contributed by atoms with E-state index in [0.717, 1.165) is 11.1 Å². The van der Waals surface area contributed by atoms with Crippen molar-refractivity contribution in [1.29, 1.82) is 0 Å². The summed E-state index contributed by atoms with van der Waals surface area (Å²) in [4.78, 5) is 39.3. The van der Waals surface area contributed by atoms with Crippen LogP contribution in [-0.2, 0) is 20.9 Å². The number of tetrazole rings is 1. The second-order valence-corrected chi connectivity index (χ2v) is 7.97. The van der Waals surface area contributed by atoms with Crippen LogP contribution in [0.1, 0.15) is 43.1 Å². The van der Waals surface area contributed by atoms with Gasteiger partial charge in [-0.2, -0.15) is 4.80 Å². The zero-order chi connectivity index (χ0) is 23.1. The number of nitrogens with one attached hydrogen (secondary N) is 2. The Kier molecular flexibility index (Phi) is 7.93. The summed E-state index contributed by atoms with van der Waals surface area (Å²) in [5, 5.41) is 12.6. The number of rotatable bonds is 6. The average molecular weight is 460 g/mol. The van der Waals surface area contributed by atoms with Crippen LogP contribution in [-0.4, -0.2) is 55.9 Å². The molecule has 11 heteroatoms. The van der Waals surface area contributed by atoms with Crippen LogP contribution in [0.25, 0.3) is 6.08 Å². The maximum absolute atomic E-state index is 12.7. The summed E-state index contributed by atoms with van der Waals surface area (Å²) in [5.74, 6) is -0.255. The normalized spacial score (nSPS) is 14.5. The number of hydrazine groups is 1. The number of halogens is 1. The van der Waals surface area contributed by atoms with Crippen LogP contribution in [0, 0.1) is 12.8 Å². The molecule has 0 atom stereocenters. The molecular formula is C21H26ClN7O3. The Morgan fingerprint density at radius 2 is 1.97 bits per heavy atom. The molecule has 3 rings (SSSR count). The summed E-state index contributed by atoms with van der Waals surface area (Å²) in [6, 6.07) is 5.41. The van der Waals surface area contributed by atoms with Crippen LogP contribution in [0.4, 0.5) is 0 Å². The number of aryl methyl sites for hydroxylation is 1. The largest absolute Gasteiger partial charge is 0.339 e. The third-order valence-corrected chi connectivity index (χ3v) is 5.43. The van der Waals surface area contributed by atoms with Crippen LogP contribution < -0.4 is 10.9 Å². The van der Waals surface area contributed by atoms with Crippen molar-refractivity contribution in [2.24, 2.45) is 5.92 Å². The van der Waals surface area contributed by atoms with E-state index in [2.05, 4.69) is 26.3 Å². The molecule has 1 aliphatic rings. The van der Waals surface area contributed by atoms with E-state index in [4.69, 9.17) is 11.6 Å². The van der Waals surface area contributed by atoms with Crippen LogP contribution in [0.15, 0.2) is 24.3 Å². The van der Waals surface area contributed by atoms with Crippen LogP contribution >= 0.6 is 11.6 Å². The van der Waals surface area contributed by atoms with Gasteiger partial charge in [-0.3, -0.25) is 25.2 Å². The SMILES string of the molecule is CCC(=O)NNC(=O)C1CCN(C(=O)/C=C/c2ccc(Cl)cc2Cn2nnc(C)n2)CC1. The van der Waals surface area contributed by atoms with Crippen molar-refractivity contribution >= 4 is 35.4 Å². The molecule has 1 fully saturated rings. The zero-order valence-corrected chi connectivity index (χ0v) is 18.8. The van der Waals surface area contributed by atoms with Crippen molar-refractivity contribution in [3.63, 3.8) is 0 Å². The Bertz CT molecular complexity index is 1010. The fourth-order valence-corrected chi connectivity index (χ4v) is 3.56. The van der Waals surface area contributed by atoms with Gasteiger partial charge in [-0.25, -0.2) is 0 Å². The van der Waals surface area contributed by atoms with Gasteiger partial charge in [-0.1, -0.05) is 24.6 Å². The molecular weight excluding hydrogens is 434 g/mol. The standard InChI is InChI=1S/C21H26ClN7O3/c1-3-19(30)24-25-21(32)16-8-10-28(11-9-16)20(31)7-5-15-4-6-18(22)12-17(15)13-29-26-14(2)23-27-29/h4-7,12,16H,3,8-11,13H2,1-2H3,(H,24,30)(H,25,32)/b7-5+. The number of piperidine rings is 1. The molecule has 0 unspecified atom stereocenters. The molecule has 0 saturated carbocycles. The van der Waals surface area contributed by atoms with Crippen LogP contribution in [0.3, 0.4) is 0 Å². The molecule has 2 heterocycles. The molecule has 3 amide bonds. The Hall–Kier alpha value is -3.27. The van der Waals surface area contributed by atoms with Gasteiger partial charge in [0.2, 0.25) is 17.7 Å². The lowest BCUT2D eigenvalue weighted by Crippen LogP contribution is -2.47. The fraction of sp³-hybridized carbons (Fsp3) is 0.429. The molecule has 1 aromatic heterocycles. The number of hydrogen-bond acceptors (Lipinski definition) is 6. The van der Waals surface area contributed by atoms with Gasteiger partial charge >= 0.3 is 0 Å². The fourth-order valence-electron chi connectivity index (χ4n) is 3.37. The first kappa shape index (κ1) is 23.4. The van der Waals surface area contributed by atoms with Crippen molar-refractivity contribution < 1.29 is 14.4 Å². The quantitative estimate of drug-likeness (QED) is 0.498. The molecule has 1 aliphatic heterocycles. The Morgan fingerprint density at radius 3 is 2.62 bits per heavy atom. The molecule has 1 saturated heterocycles. The number of carbonyl (C=O) groups excluding carboxylic acids is 3. The maximum atomic E-state index is 12.7. The summed E-state index contributed by atoms with van der Waals surface area (Å²) in [6.07, 6.45) is 4.64. The van der Waals surface area contributed by atoms with E-state index in [9.17, 15) is 14.4 Å². The van der Waals surface area contributed by atoms with Gasteiger partial charge in [0.15, 0.2) is 5.82 Å². The lowest BCUT2D eigenvalue weighted by Gasteiger charge is -2.30. The van der Waals surface area contributed by atoms with Gasteiger partial charge in [0.05, 0.1) is 6.54 Å². The highest BCUT2D eigenvalue weighted by Crippen LogP contribution is 2.20. The molecule has 1 aromatic carbocycles.